The van der Waals surface area contributed by atoms with E-state index < -0.39 is 0 Å². The molecule has 0 saturated heterocycles. The molecule has 1 fully saturated rings. The highest BCUT2D eigenvalue weighted by molar-refractivity contribution is 4.76. The third kappa shape index (κ3) is 6.05. The predicted molar refractivity (Wildman–Crippen MR) is 58.0 cm³/mol. The van der Waals surface area contributed by atoms with Crippen molar-refractivity contribution in [2.75, 3.05) is 33.2 Å². The van der Waals surface area contributed by atoms with Crippen LogP contribution >= 0.6 is 0 Å². The Bertz CT molecular complexity index is 121. The van der Waals surface area contributed by atoms with Crippen molar-refractivity contribution in [3.63, 3.8) is 0 Å². The summed E-state index contributed by atoms with van der Waals surface area (Å²) in [6.45, 7) is 7.10. The van der Waals surface area contributed by atoms with Gasteiger partial charge in [0.25, 0.3) is 0 Å². The van der Waals surface area contributed by atoms with Crippen LogP contribution in [0, 0.1) is 5.92 Å². The van der Waals surface area contributed by atoms with Gasteiger partial charge in [0, 0.05) is 19.6 Å². The molecule has 1 aliphatic rings. The van der Waals surface area contributed by atoms with E-state index in [0.29, 0.717) is 0 Å². The average molecular weight is 184 g/mol. The smallest absolute Gasteiger partial charge is 0.0104 e. The second-order valence-electron chi connectivity index (χ2n) is 4.31. The van der Waals surface area contributed by atoms with Gasteiger partial charge in [-0.1, -0.05) is 13.3 Å². The molecular formula is C11H24N2. The minimum absolute atomic E-state index is 1.03. The molecule has 2 heteroatoms. The highest BCUT2D eigenvalue weighted by Crippen LogP contribution is 2.29. The van der Waals surface area contributed by atoms with Gasteiger partial charge in [-0.25, -0.2) is 0 Å². The maximum atomic E-state index is 3.47. The topological polar surface area (TPSA) is 15.3 Å². The number of rotatable bonds is 8. The molecule has 0 aromatic carbocycles. The first kappa shape index (κ1) is 11.0. The Morgan fingerprint density at radius 1 is 1.31 bits per heavy atom. The molecule has 0 aromatic heterocycles. The largest absolute Gasteiger partial charge is 0.315 e. The molecule has 0 heterocycles. The van der Waals surface area contributed by atoms with Crippen molar-refractivity contribution in [2.24, 2.45) is 5.92 Å². The van der Waals surface area contributed by atoms with Crippen LogP contribution in [0.2, 0.25) is 0 Å². The minimum atomic E-state index is 1.03. The van der Waals surface area contributed by atoms with Gasteiger partial charge in [-0.3, -0.25) is 0 Å². The fraction of sp³-hybridized carbons (Fsp3) is 1.00. The number of hydrogen-bond acceptors (Lipinski definition) is 2. The van der Waals surface area contributed by atoms with Gasteiger partial charge in [-0.2, -0.15) is 0 Å². The molecular weight excluding hydrogens is 160 g/mol. The lowest BCUT2D eigenvalue weighted by Gasteiger charge is -2.16. The summed E-state index contributed by atoms with van der Waals surface area (Å²) in [6.07, 6.45) is 5.54. The molecule has 0 aromatic rings. The van der Waals surface area contributed by atoms with E-state index in [9.17, 15) is 0 Å². The first-order valence-corrected chi connectivity index (χ1v) is 5.72. The van der Waals surface area contributed by atoms with Crippen molar-refractivity contribution in [1.29, 1.82) is 0 Å². The molecule has 0 unspecified atom stereocenters. The van der Waals surface area contributed by atoms with Crippen molar-refractivity contribution >= 4 is 0 Å². The van der Waals surface area contributed by atoms with E-state index in [-0.39, 0.29) is 0 Å². The molecule has 2 nitrogen and oxygen atoms in total. The molecule has 13 heavy (non-hydrogen) atoms. The van der Waals surface area contributed by atoms with Gasteiger partial charge in [-0.15, -0.1) is 0 Å². The second kappa shape index (κ2) is 6.39. The molecule has 0 radical (unpaired) electrons. The Morgan fingerprint density at radius 2 is 2.08 bits per heavy atom. The molecule has 0 bridgehead atoms. The van der Waals surface area contributed by atoms with Crippen LogP contribution in [0.5, 0.6) is 0 Å². The summed E-state index contributed by atoms with van der Waals surface area (Å²) < 4.78 is 0. The van der Waals surface area contributed by atoms with Crippen molar-refractivity contribution in [2.45, 2.75) is 32.6 Å². The van der Waals surface area contributed by atoms with Crippen molar-refractivity contribution in [1.82, 2.24) is 10.2 Å². The van der Waals surface area contributed by atoms with Gasteiger partial charge in [0.15, 0.2) is 0 Å². The Balaban J connectivity index is 1.80. The second-order valence-corrected chi connectivity index (χ2v) is 4.31. The molecule has 78 valence electrons. The number of unbranched alkanes of at least 4 members (excludes halogenated alkanes) is 1. The molecule has 0 aliphatic heterocycles. The SMILES string of the molecule is CCCCNCCN(C)CC1CC1. The fourth-order valence-corrected chi connectivity index (χ4v) is 1.53. The summed E-state index contributed by atoms with van der Waals surface area (Å²) in [5.41, 5.74) is 0. The van der Waals surface area contributed by atoms with Gasteiger partial charge < -0.3 is 10.2 Å². The van der Waals surface area contributed by atoms with Crippen LogP contribution < -0.4 is 5.32 Å². The van der Waals surface area contributed by atoms with Gasteiger partial charge in [-0.05, 0) is 38.8 Å². The third-order valence-electron chi connectivity index (χ3n) is 2.64. The maximum Gasteiger partial charge on any atom is 0.0104 e. The van der Waals surface area contributed by atoms with Crippen molar-refractivity contribution in [3.05, 3.63) is 0 Å². The van der Waals surface area contributed by atoms with E-state index in [1.807, 2.05) is 0 Å². The van der Waals surface area contributed by atoms with Gasteiger partial charge in [0.05, 0.1) is 0 Å². The lowest BCUT2D eigenvalue weighted by Crippen LogP contribution is -2.31. The lowest BCUT2D eigenvalue weighted by molar-refractivity contribution is 0.318. The van der Waals surface area contributed by atoms with E-state index in [2.05, 4.69) is 24.2 Å². The van der Waals surface area contributed by atoms with E-state index in [0.717, 1.165) is 12.5 Å². The van der Waals surface area contributed by atoms with Crippen LogP contribution in [0.25, 0.3) is 0 Å². The third-order valence-corrected chi connectivity index (χ3v) is 2.64. The summed E-state index contributed by atoms with van der Waals surface area (Å²) >= 11 is 0. The van der Waals surface area contributed by atoms with Gasteiger partial charge >= 0.3 is 0 Å². The van der Waals surface area contributed by atoms with Crippen LogP contribution in [-0.4, -0.2) is 38.1 Å². The molecule has 1 aliphatic carbocycles. The highest BCUT2D eigenvalue weighted by Gasteiger charge is 2.22. The Labute approximate surface area is 82.7 Å². The van der Waals surface area contributed by atoms with Gasteiger partial charge in [0.2, 0.25) is 0 Å². The lowest BCUT2D eigenvalue weighted by atomic mass is 10.3. The zero-order valence-corrected chi connectivity index (χ0v) is 9.18. The number of nitrogens with zero attached hydrogens (tertiary/aromatic N) is 1. The Hall–Kier alpha value is -0.0800. The fourth-order valence-electron chi connectivity index (χ4n) is 1.53. The average Bonchev–Trinajstić information content (AvgIpc) is 2.88. The highest BCUT2D eigenvalue weighted by atomic mass is 15.1. The van der Waals surface area contributed by atoms with Crippen molar-refractivity contribution in [3.8, 4) is 0 Å². The normalized spacial score (nSPS) is 16.8. The van der Waals surface area contributed by atoms with E-state index in [1.165, 1.54) is 45.3 Å². The summed E-state index contributed by atoms with van der Waals surface area (Å²) in [5.74, 6) is 1.03. The molecule has 1 N–H and O–H groups in total. The molecule has 0 amide bonds. The number of hydrogen-bond donors (Lipinski definition) is 1. The summed E-state index contributed by atoms with van der Waals surface area (Å²) in [6, 6.07) is 0. The quantitative estimate of drug-likeness (QED) is 0.578. The summed E-state index contributed by atoms with van der Waals surface area (Å²) in [7, 11) is 2.24. The van der Waals surface area contributed by atoms with Crippen LogP contribution in [-0.2, 0) is 0 Å². The Morgan fingerprint density at radius 3 is 2.69 bits per heavy atom. The monoisotopic (exact) mass is 184 g/mol. The summed E-state index contributed by atoms with van der Waals surface area (Å²) in [5, 5.41) is 3.47. The first-order valence-electron chi connectivity index (χ1n) is 5.72. The Kier molecular flexibility index (Phi) is 5.40. The van der Waals surface area contributed by atoms with Crippen LogP contribution in [0.1, 0.15) is 32.6 Å². The van der Waals surface area contributed by atoms with Crippen LogP contribution in [0.15, 0.2) is 0 Å². The zero-order valence-electron chi connectivity index (χ0n) is 9.18. The van der Waals surface area contributed by atoms with Crippen LogP contribution in [0.3, 0.4) is 0 Å². The number of likely N-dealkylation sites (N-methyl/N-ethyl adjacent to an activating group) is 1. The number of nitrogens with one attached hydrogen (secondary N) is 1. The maximum absolute atomic E-state index is 3.47. The standard InChI is InChI=1S/C11H24N2/c1-3-4-7-12-8-9-13(2)10-11-5-6-11/h11-12H,3-10H2,1-2H3. The van der Waals surface area contributed by atoms with Crippen LogP contribution in [0.4, 0.5) is 0 Å². The van der Waals surface area contributed by atoms with E-state index >= 15 is 0 Å². The summed E-state index contributed by atoms with van der Waals surface area (Å²) in [4.78, 5) is 2.45. The molecule has 0 spiro atoms. The van der Waals surface area contributed by atoms with E-state index in [4.69, 9.17) is 0 Å². The predicted octanol–water partition coefficient (Wildman–Crippen LogP) is 1.72. The minimum Gasteiger partial charge on any atom is -0.315 e. The zero-order chi connectivity index (χ0) is 9.52. The molecule has 1 saturated carbocycles. The van der Waals surface area contributed by atoms with Gasteiger partial charge in [0.1, 0.15) is 0 Å². The molecule has 0 atom stereocenters. The van der Waals surface area contributed by atoms with Crippen molar-refractivity contribution < 1.29 is 0 Å². The molecule has 1 rings (SSSR count). The van der Waals surface area contributed by atoms with E-state index in [1.54, 1.807) is 0 Å². The first-order chi connectivity index (χ1) is 6.33.